The van der Waals surface area contributed by atoms with Crippen LogP contribution < -0.4 is 5.14 Å². The smallest absolute Gasteiger partial charge is 0.241 e. The first-order valence-electron chi connectivity index (χ1n) is 7.10. The summed E-state index contributed by atoms with van der Waals surface area (Å²) in [6, 6.07) is 7.43. The van der Waals surface area contributed by atoms with E-state index in [4.69, 9.17) is 21.3 Å². The second kappa shape index (κ2) is 6.76. The molecule has 6 nitrogen and oxygen atoms in total. The average Bonchev–Trinajstić information content (AvgIpc) is 3.00. The highest BCUT2D eigenvalue weighted by Crippen LogP contribution is 2.37. The number of hydrogen-bond donors (Lipinski definition) is 2. The van der Waals surface area contributed by atoms with Gasteiger partial charge in [-0.3, -0.25) is 0 Å². The van der Waals surface area contributed by atoms with Crippen LogP contribution in [0.2, 0.25) is 5.02 Å². The van der Waals surface area contributed by atoms with Crippen molar-refractivity contribution < 1.29 is 26.8 Å². The molecule has 0 unspecified atom stereocenters. The van der Waals surface area contributed by atoms with Gasteiger partial charge in [-0.2, -0.15) is 0 Å². The Labute approximate surface area is 151 Å². The molecule has 0 fully saturated rings. The lowest BCUT2D eigenvalue weighted by atomic mass is 9.98. The molecule has 26 heavy (non-hydrogen) atoms. The highest BCUT2D eigenvalue weighted by atomic mass is 35.5. The van der Waals surface area contributed by atoms with Gasteiger partial charge in [0.15, 0.2) is 5.76 Å². The van der Waals surface area contributed by atoms with E-state index in [1.54, 1.807) is 24.3 Å². The summed E-state index contributed by atoms with van der Waals surface area (Å²) in [4.78, 5) is -0.978. The van der Waals surface area contributed by atoms with Crippen LogP contribution in [-0.2, 0) is 16.6 Å². The topological polar surface area (TPSA) is 106 Å². The number of halogens is 3. The zero-order valence-electron chi connectivity index (χ0n) is 12.9. The van der Waals surface area contributed by atoms with E-state index in [1.807, 2.05) is 0 Å². The molecule has 0 saturated heterocycles. The molecule has 0 aliphatic carbocycles. The van der Waals surface area contributed by atoms with Crippen LogP contribution in [0.1, 0.15) is 5.76 Å². The van der Waals surface area contributed by atoms with Gasteiger partial charge >= 0.3 is 0 Å². The molecule has 1 aromatic heterocycles. The Balaban J connectivity index is 2.26. The molecule has 10 heteroatoms. The summed E-state index contributed by atoms with van der Waals surface area (Å²) in [6.45, 7) is -0.631. The van der Waals surface area contributed by atoms with E-state index in [0.29, 0.717) is 22.7 Å². The van der Waals surface area contributed by atoms with E-state index in [9.17, 15) is 22.3 Å². The van der Waals surface area contributed by atoms with E-state index >= 15 is 0 Å². The molecule has 1 heterocycles. The Morgan fingerprint density at radius 1 is 1.15 bits per heavy atom. The minimum atomic E-state index is -4.44. The summed E-state index contributed by atoms with van der Waals surface area (Å²) >= 11 is 5.83. The van der Waals surface area contributed by atoms with Crippen molar-refractivity contribution in [3.8, 4) is 22.4 Å². The molecule has 0 spiro atoms. The normalized spacial score (nSPS) is 11.7. The molecule has 136 valence electrons. The Morgan fingerprint density at radius 2 is 1.81 bits per heavy atom. The maximum Gasteiger partial charge on any atom is 0.241 e. The second-order valence-corrected chi connectivity index (χ2v) is 7.27. The van der Waals surface area contributed by atoms with Crippen LogP contribution in [0.3, 0.4) is 0 Å². The van der Waals surface area contributed by atoms with Crippen LogP contribution in [0.5, 0.6) is 0 Å². The Bertz CT molecular complexity index is 1080. The molecule has 0 atom stereocenters. The molecule has 3 aromatic rings. The fourth-order valence-electron chi connectivity index (χ4n) is 2.45. The van der Waals surface area contributed by atoms with Gasteiger partial charge in [0.25, 0.3) is 0 Å². The molecular weight excluding hydrogens is 390 g/mol. The lowest BCUT2D eigenvalue weighted by Gasteiger charge is -2.08. The molecule has 3 N–H and O–H groups in total. The van der Waals surface area contributed by atoms with Gasteiger partial charge in [0.05, 0.1) is 5.56 Å². The summed E-state index contributed by atoms with van der Waals surface area (Å²) < 4.78 is 56.4. The van der Waals surface area contributed by atoms with Gasteiger partial charge in [-0.1, -0.05) is 28.9 Å². The van der Waals surface area contributed by atoms with Gasteiger partial charge in [-0.15, -0.1) is 0 Å². The number of aromatic nitrogens is 1. The predicted molar refractivity (Wildman–Crippen MR) is 89.6 cm³/mol. The second-order valence-electron chi connectivity index (χ2n) is 5.30. The zero-order valence-corrected chi connectivity index (χ0v) is 14.5. The molecule has 0 bridgehead atoms. The number of primary sulfonamides is 1. The summed E-state index contributed by atoms with van der Waals surface area (Å²) in [6.07, 6.45) is 0. The Morgan fingerprint density at radius 3 is 2.38 bits per heavy atom. The maximum atomic E-state index is 14.5. The largest absolute Gasteiger partial charge is 0.388 e. The van der Waals surface area contributed by atoms with E-state index in [0.717, 1.165) is 0 Å². The maximum absolute atomic E-state index is 14.5. The minimum absolute atomic E-state index is 0.00723. The third-order valence-corrected chi connectivity index (χ3v) is 4.80. The molecular formula is C16H11ClF2N2O4S. The van der Waals surface area contributed by atoms with Crippen molar-refractivity contribution in [1.29, 1.82) is 0 Å². The Kier molecular flexibility index (Phi) is 4.80. The molecule has 0 aliphatic heterocycles. The molecule has 3 rings (SSSR count). The highest BCUT2D eigenvalue weighted by Gasteiger charge is 2.25. The highest BCUT2D eigenvalue weighted by molar-refractivity contribution is 7.89. The van der Waals surface area contributed by atoms with Crippen molar-refractivity contribution in [2.24, 2.45) is 5.14 Å². The summed E-state index contributed by atoms with van der Waals surface area (Å²) in [5, 5.41) is 18.6. The number of nitrogens with zero attached hydrogens (tertiary/aromatic N) is 1. The van der Waals surface area contributed by atoms with Gasteiger partial charge < -0.3 is 9.63 Å². The number of aliphatic hydroxyl groups excluding tert-OH is 1. The van der Waals surface area contributed by atoms with Crippen LogP contribution in [-0.4, -0.2) is 18.7 Å². The minimum Gasteiger partial charge on any atom is -0.388 e. The fourth-order valence-corrected chi connectivity index (χ4v) is 3.18. The number of benzene rings is 2. The molecule has 0 saturated carbocycles. The number of hydrogen-bond acceptors (Lipinski definition) is 5. The summed E-state index contributed by atoms with van der Waals surface area (Å²) in [7, 11) is -4.44. The van der Waals surface area contributed by atoms with Gasteiger partial charge in [0.2, 0.25) is 10.0 Å². The van der Waals surface area contributed by atoms with Crippen molar-refractivity contribution in [1.82, 2.24) is 5.16 Å². The first-order valence-corrected chi connectivity index (χ1v) is 9.02. The molecule has 2 aromatic carbocycles. The van der Waals surface area contributed by atoms with Crippen molar-refractivity contribution in [3.63, 3.8) is 0 Å². The molecule has 0 aliphatic rings. The number of rotatable bonds is 4. The van der Waals surface area contributed by atoms with Crippen LogP contribution >= 0.6 is 11.6 Å². The van der Waals surface area contributed by atoms with Crippen LogP contribution in [0.4, 0.5) is 8.78 Å². The first-order chi connectivity index (χ1) is 12.2. The monoisotopic (exact) mass is 400 g/mol. The van der Waals surface area contributed by atoms with E-state index < -0.39 is 33.2 Å². The molecule has 0 amide bonds. The van der Waals surface area contributed by atoms with Crippen LogP contribution in [0.25, 0.3) is 22.4 Å². The van der Waals surface area contributed by atoms with Crippen LogP contribution in [0, 0.1) is 11.6 Å². The van der Waals surface area contributed by atoms with E-state index in [2.05, 4.69) is 5.16 Å². The summed E-state index contributed by atoms with van der Waals surface area (Å²) in [5.41, 5.74) is 0.271. The SMILES string of the molecule is NS(=O)(=O)c1cc(F)c(-c2c(-c3ccc(Cl)cc3)noc2CO)cc1F. The van der Waals surface area contributed by atoms with Gasteiger partial charge in [0, 0.05) is 16.1 Å². The quantitative estimate of drug-likeness (QED) is 0.700. The van der Waals surface area contributed by atoms with E-state index in [-0.39, 0.29) is 22.6 Å². The third kappa shape index (κ3) is 3.34. The van der Waals surface area contributed by atoms with Gasteiger partial charge in [0.1, 0.15) is 28.8 Å². The zero-order chi connectivity index (χ0) is 19.1. The number of sulfonamides is 1. The lowest BCUT2D eigenvalue weighted by Crippen LogP contribution is -2.14. The van der Waals surface area contributed by atoms with Crippen LogP contribution in [0.15, 0.2) is 45.8 Å². The predicted octanol–water partition coefficient (Wildman–Crippen LogP) is 3.08. The fraction of sp³-hybridized carbons (Fsp3) is 0.0625. The van der Waals surface area contributed by atoms with Crippen molar-refractivity contribution >= 4 is 21.6 Å². The standard InChI is InChI=1S/C16H11ClF2N2O4S/c17-9-3-1-8(2-4-9)16-15(13(7-22)25-21-16)10-5-12(19)14(6-11(10)18)26(20,23)24/h1-6,22H,7H2,(H2,20,23,24). The van der Waals surface area contributed by atoms with Crippen molar-refractivity contribution in [2.45, 2.75) is 11.5 Å². The van der Waals surface area contributed by atoms with Gasteiger partial charge in [-0.05, 0) is 24.3 Å². The van der Waals surface area contributed by atoms with E-state index in [1.165, 1.54) is 0 Å². The molecule has 0 radical (unpaired) electrons. The number of nitrogens with two attached hydrogens (primary N) is 1. The van der Waals surface area contributed by atoms with Gasteiger partial charge in [-0.25, -0.2) is 22.3 Å². The first kappa shape index (κ1) is 18.5. The number of aliphatic hydroxyl groups is 1. The lowest BCUT2D eigenvalue weighted by molar-refractivity contribution is 0.230. The summed E-state index contributed by atoms with van der Waals surface area (Å²) in [5.74, 6) is -2.42. The Hall–Kier alpha value is -2.33. The third-order valence-electron chi connectivity index (χ3n) is 3.62. The van der Waals surface area contributed by atoms with Crippen molar-refractivity contribution in [3.05, 3.63) is 58.8 Å². The average molecular weight is 401 g/mol. The van der Waals surface area contributed by atoms with Crippen molar-refractivity contribution in [2.75, 3.05) is 0 Å².